The molecule has 0 aromatic heterocycles. The summed E-state index contributed by atoms with van der Waals surface area (Å²) >= 11 is 0. The fourth-order valence-corrected chi connectivity index (χ4v) is 2.51. The Balaban J connectivity index is 2.01. The van der Waals surface area contributed by atoms with Crippen LogP contribution in [0.2, 0.25) is 0 Å². The van der Waals surface area contributed by atoms with Crippen LogP contribution < -0.4 is 5.32 Å². The van der Waals surface area contributed by atoms with Crippen molar-refractivity contribution >= 4 is 0 Å². The molecule has 0 spiro atoms. The van der Waals surface area contributed by atoms with Gasteiger partial charge in [0.05, 0.1) is 0 Å². The van der Waals surface area contributed by atoms with Crippen molar-refractivity contribution < 1.29 is 0 Å². The maximum atomic E-state index is 3.41. The summed E-state index contributed by atoms with van der Waals surface area (Å²) in [5.41, 5.74) is 0.453. The highest BCUT2D eigenvalue weighted by Gasteiger charge is 2.41. The monoisotopic (exact) mass is 182 g/mol. The third-order valence-corrected chi connectivity index (χ3v) is 3.70. The van der Waals surface area contributed by atoms with Gasteiger partial charge >= 0.3 is 0 Å². The first-order valence-electron chi connectivity index (χ1n) is 5.57. The molecule has 0 radical (unpaired) electrons. The molecule has 1 aliphatic carbocycles. The lowest BCUT2D eigenvalue weighted by molar-refractivity contribution is 0.0515. The van der Waals surface area contributed by atoms with Gasteiger partial charge in [-0.1, -0.05) is 0 Å². The van der Waals surface area contributed by atoms with Crippen molar-refractivity contribution in [3.63, 3.8) is 0 Å². The minimum atomic E-state index is 0.453. The Morgan fingerprint density at radius 1 is 1.23 bits per heavy atom. The highest BCUT2D eigenvalue weighted by molar-refractivity contribution is 4.98. The molecule has 76 valence electrons. The number of nitrogens with zero attached hydrogens (tertiary/aromatic N) is 1. The molecule has 0 aromatic carbocycles. The van der Waals surface area contributed by atoms with Crippen molar-refractivity contribution in [2.24, 2.45) is 0 Å². The molecule has 2 rings (SSSR count). The summed E-state index contributed by atoms with van der Waals surface area (Å²) in [6.45, 7) is 6.06. The van der Waals surface area contributed by atoms with E-state index in [2.05, 4.69) is 31.1 Å². The zero-order valence-electron chi connectivity index (χ0n) is 9.14. The maximum Gasteiger partial charge on any atom is 0.0193 e. The Hall–Kier alpha value is -0.0800. The normalized spacial score (nSPS) is 34.8. The average molecular weight is 182 g/mol. The molecule has 2 aliphatic rings. The number of hydrogen-bond donors (Lipinski definition) is 1. The first-order chi connectivity index (χ1) is 6.13. The molecule has 2 heteroatoms. The largest absolute Gasteiger partial charge is 0.316 e. The summed E-state index contributed by atoms with van der Waals surface area (Å²) in [7, 11) is 2.09. The molecule has 1 heterocycles. The molecule has 1 unspecified atom stereocenters. The number of rotatable bonds is 2. The fraction of sp³-hybridized carbons (Fsp3) is 1.00. The number of nitrogens with one attached hydrogen (secondary N) is 1. The van der Waals surface area contributed by atoms with Crippen LogP contribution >= 0.6 is 0 Å². The van der Waals surface area contributed by atoms with E-state index in [1.165, 1.54) is 32.2 Å². The van der Waals surface area contributed by atoms with Crippen molar-refractivity contribution in [3.05, 3.63) is 0 Å². The van der Waals surface area contributed by atoms with E-state index in [1.807, 2.05) is 0 Å². The topological polar surface area (TPSA) is 15.3 Å². The van der Waals surface area contributed by atoms with E-state index in [-0.39, 0.29) is 0 Å². The van der Waals surface area contributed by atoms with Crippen LogP contribution in [-0.2, 0) is 0 Å². The number of likely N-dealkylation sites (N-methyl/N-ethyl adjacent to an activating group) is 1. The van der Waals surface area contributed by atoms with E-state index >= 15 is 0 Å². The lowest BCUT2D eigenvalue weighted by Gasteiger charge is -2.46. The Kier molecular flexibility index (Phi) is 2.37. The second-order valence-electron chi connectivity index (χ2n) is 5.22. The van der Waals surface area contributed by atoms with E-state index in [0.717, 1.165) is 12.1 Å². The van der Waals surface area contributed by atoms with Crippen LogP contribution in [0.1, 0.15) is 39.5 Å². The SMILES string of the molecule is CNC1CCC(C)(C)N(C2CC2)C1. The molecule has 13 heavy (non-hydrogen) atoms. The second-order valence-corrected chi connectivity index (χ2v) is 5.22. The summed E-state index contributed by atoms with van der Waals surface area (Å²) < 4.78 is 0. The summed E-state index contributed by atoms with van der Waals surface area (Å²) in [6, 6.07) is 1.64. The van der Waals surface area contributed by atoms with Crippen molar-refractivity contribution in [2.75, 3.05) is 13.6 Å². The van der Waals surface area contributed by atoms with E-state index < -0.39 is 0 Å². The third kappa shape index (κ3) is 1.89. The van der Waals surface area contributed by atoms with Crippen molar-refractivity contribution in [2.45, 2.75) is 57.2 Å². The van der Waals surface area contributed by atoms with Crippen LogP contribution in [0.15, 0.2) is 0 Å². The van der Waals surface area contributed by atoms with Crippen LogP contribution in [0.3, 0.4) is 0 Å². The van der Waals surface area contributed by atoms with Gasteiger partial charge in [-0.15, -0.1) is 0 Å². The quantitative estimate of drug-likeness (QED) is 0.698. The molecular formula is C11H22N2. The molecule has 0 aromatic rings. The lowest BCUT2D eigenvalue weighted by Crippen LogP contribution is -2.55. The molecule has 1 atom stereocenters. The van der Waals surface area contributed by atoms with Crippen molar-refractivity contribution in [1.82, 2.24) is 10.2 Å². The van der Waals surface area contributed by atoms with Gasteiger partial charge in [0.2, 0.25) is 0 Å². The van der Waals surface area contributed by atoms with Crippen LogP contribution in [0.4, 0.5) is 0 Å². The number of likely N-dealkylation sites (tertiary alicyclic amines) is 1. The van der Waals surface area contributed by atoms with E-state index in [1.54, 1.807) is 0 Å². The predicted octanol–water partition coefficient (Wildman–Crippen LogP) is 1.61. The number of piperidine rings is 1. The average Bonchev–Trinajstić information content (AvgIpc) is 2.87. The Morgan fingerprint density at radius 2 is 1.92 bits per heavy atom. The Bertz CT molecular complexity index is 185. The molecule has 0 bridgehead atoms. The van der Waals surface area contributed by atoms with Crippen LogP contribution in [-0.4, -0.2) is 36.1 Å². The molecule has 1 aliphatic heterocycles. The molecule has 1 saturated heterocycles. The van der Waals surface area contributed by atoms with Crippen molar-refractivity contribution in [3.8, 4) is 0 Å². The molecule has 1 saturated carbocycles. The first kappa shape index (κ1) is 9.47. The zero-order chi connectivity index (χ0) is 9.47. The van der Waals surface area contributed by atoms with Gasteiger partial charge in [0.1, 0.15) is 0 Å². The zero-order valence-corrected chi connectivity index (χ0v) is 9.14. The number of hydrogen-bond acceptors (Lipinski definition) is 2. The van der Waals surface area contributed by atoms with Crippen LogP contribution in [0.5, 0.6) is 0 Å². The Morgan fingerprint density at radius 3 is 2.46 bits per heavy atom. The maximum absolute atomic E-state index is 3.41. The minimum Gasteiger partial charge on any atom is -0.316 e. The van der Waals surface area contributed by atoms with Gasteiger partial charge < -0.3 is 5.32 Å². The second kappa shape index (κ2) is 3.25. The molecule has 0 amide bonds. The van der Waals surface area contributed by atoms with E-state index in [9.17, 15) is 0 Å². The summed E-state index contributed by atoms with van der Waals surface area (Å²) in [5, 5.41) is 3.41. The van der Waals surface area contributed by atoms with Gasteiger partial charge in [-0.2, -0.15) is 0 Å². The third-order valence-electron chi connectivity index (χ3n) is 3.70. The highest BCUT2D eigenvalue weighted by Crippen LogP contribution is 2.37. The van der Waals surface area contributed by atoms with Crippen molar-refractivity contribution in [1.29, 1.82) is 0 Å². The highest BCUT2D eigenvalue weighted by atomic mass is 15.3. The van der Waals surface area contributed by atoms with Gasteiger partial charge in [0.25, 0.3) is 0 Å². The lowest BCUT2D eigenvalue weighted by atomic mass is 9.88. The smallest absolute Gasteiger partial charge is 0.0193 e. The summed E-state index contributed by atoms with van der Waals surface area (Å²) in [4.78, 5) is 2.72. The summed E-state index contributed by atoms with van der Waals surface area (Å²) in [6.07, 6.45) is 5.54. The van der Waals surface area contributed by atoms with E-state index in [0.29, 0.717) is 5.54 Å². The molecule has 2 nitrogen and oxygen atoms in total. The van der Waals surface area contributed by atoms with Crippen LogP contribution in [0.25, 0.3) is 0 Å². The van der Waals surface area contributed by atoms with Gasteiger partial charge in [-0.05, 0) is 46.6 Å². The van der Waals surface area contributed by atoms with Gasteiger partial charge in [-0.25, -0.2) is 0 Å². The van der Waals surface area contributed by atoms with E-state index in [4.69, 9.17) is 0 Å². The van der Waals surface area contributed by atoms with Gasteiger partial charge in [-0.3, -0.25) is 4.90 Å². The molecule has 2 fully saturated rings. The fourth-order valence-electron chi connectivity index (χ4n) is 2.51. The first-order valence-corrected chi connectivity index (χ1v) is 5.57. The minimum absolute atomic E-state index is 0.453. The molecular weight excluding hydrogens is 160 g/mol. The summed E-state index contributed by atoms with van der Waals surface area (Å²) in [5.74, 6) is 0. The van der Waals surface area contributed by atoms with Crippen LogP contribution in [0, 0.1) is 0 Å². The van der Waals surface area contributed by atoms with Gasteiger partial charge in [0.15, 0.2) is 0 Å². The predicted molar refractivity (Wildman–Crippen MR) is 55.9 cm³/mol. The molecule has 1 N–H and O–H groups in total. The van der Waals surface area contributed by atoms with Gasteiger partial charge in [0, 0.05) is 24.2 Å². The Labute approximate surface area is 81.7 Å². The standard InChI is InChI=1S/C11H22N2/c1-11(2)7-6-9(12-3)8-13(11)10-4-5-10/h9-10,12H,4-8H2,1-3H3.